The van der Waals surface area contributed by atoms with E-state index in [4.69, 9.17) is 9.47 Å². The zero-order valence-corrected chi connectivity index (χ0v) is 48.7. The molecule has 1 aliphatic heterocycles. The fraction of sp³-hybridized carbons (Fsp3) is 0.662. The molecule has 1 fully saturated rings. The van der Waals surface area contributed by atoms with Gasteiger partial charge in [0.15, 0.2) is 6.29 Å². The third-order valence-electron chi connectivity index (χ3n) is 13.7. The van der Waals surface area contributed by atoms with Crippen molar-refractivity contribution in [2.75, 3.05) is 13.2 Å². The van der Waals surface area contributed by atoms with Crippen LogP contribution in [-0.2, 0) is 14.3 Å². The fourth-order valence-corrected chi connectivity index (χ4v) is 8.89. The summed E-state index contributed by atoms with van der Waals surface area (Å²) in [5.41, 5.74) is 0. The summed E-state index contributed by atoms with van der Waals surface area (Å²) < 4.78 is 11.3. The quantitative estimate of drug-likeness (QED) is 0.0261. The molecule has 0 aliphatic carbocycles. The van der Waals surface area contributed by atoms with Crippen molar-refractivity contribution in [3.63, 3.8) is 0 Å². The second-order valence-electron chi connectivity index (χ2n) is 20.8. The molecule has 1 amide bonds. The van der Waals surface area contributed by atoms with Crippen LogP contribution < -0.4 is 5.32 Å². The Balaban J connectivity index is 2.17. The van der Waals surface area contributed by atoms with Crippen molar-refractivity contribution >= 4 is 5.91 Å². The van der Waals surface area contributed by atoms with Gasteiger partial charge in [0, 0.05) is 6.42 Å². The minimum atomic E-state index is -1.58. The van der Waals surface area contributed by atoms with E-state index in [0.717, 1.165) is 116 Å². The molecule has 1 rings (SSSR count). The number of unbranched alkanes of at least 4 members (excludes halogenated alkanes) is 21. The molecule has 1 aliphatic rings. The number of ether oxygens (including phenoxy) is 2. The summed E-state index contributed by atoms with van der Waals surface area (Å²) >= 11 is 0. The number of aliphatic hydroxyl groups is 5. The zero-order valence-electron chi connectivity index (χ0n) is 48.7. The van der Waals surface area contributed by atoms with Gasteiger partial charge in [-0.1, -0.05) is 263 Å². The second kappa shape index (κ2) is 55.6. The van der Waals surface area contributed by atoms with Gasteiger partial charge >= 0.3 is 0 Å². The number of rotatable bonds is 51. The lowest BCUT2D eigenvalue weighted by Gasteiger charge is -2.40. The van der Waals surface area contributed by atoms with Crippen molar-refractivity contribution in [3.8, 4) is 0 Å². The zero-order chi connectivity index (χ0) is 55.8. The van der Waals surface area contributed by atoms with Gasteiger partial charge in [-0.2, -0.15) is 0 Å². The van der Waals surface area contributed by atoms with E-state index in [-0.39, 0.29) is 12.5 Å². The van der Waals surface area contributed by atoms with E-state index in [2.05, 4.69) is 141 Å². The minimum absolute atomic E-state index is 0.191. The smallest absolute Gasteiger partial charge is 0.220 e. The predicted octanol–water partition coefficient (Wildman–Crippen LogP) is 16.1. The van der Waals surface area contributed by atoms with E-state index in [9.17, 15) is 30.3 Å². The first kappa shape index (κ1) is 71.3. The summed E-state index contributed by atoms with van der Waals surface area (Å²) in [6.45, 7) is 3.65. The Morgan fingerprint density at radius 2 is 0.805 bits per heavy atom. The maximum Gasteiger partial charge on any atom is 0.220 e. The van der Waals surface area contributed by atoms with Crippen molar-refractivity contribution in [3.05, 3.63) is 134 Å². The van der Waals surface area contributed by atoms with Gasteiger partial charge < -0.3 is 40.3 Å². The Hall–Kier alpha value is -3.67. The predicted molar refractivity (Wildman–Crippen MR) is 327 cm³/mol. The first-order valence-corrected chi connectivity index (χ1v) is 30.9. The molecule has 6 N–H and O–H groups in total. The van der Waals surface area contributed by atoms with Crippen molar-refractivity contribution in [2.24, 2.45) is 0 Å². The molecule has 9 heteroatoms. The summed E-state index contributed by atoms with van der Waals surface area (Å²) in [4.78, 5) is 13.1. The number of amides is 1. The first-order chi connectivity index (χ1) is 37.8. The Morgan fingerprint density at radius 3 is 1.19 bits per heavy atom. The molecule has 438 valence electrons. The summed E-state index contributed by atoms with van der Waals surface area (Å²) in [6, 6.07) is -0.818. The maximum atomic E-state index is 13.1. The molecule has 1 heterocycles. The molecule has 0 aromatic rings. The Kier molecular flexibility index (Phi) is 51.5. The van der Waals surface area contributed by atoms with E-state index in [0.29, 0.717) is 6.42 Å². The lowest BCUT2D eigenvalue weighted by Crippen LogP contribution is -2.60. The standard InChI is InChI=1S/C68H113NO8/c1-3-5-7-9-11-13-15-17-19-20-21-22-23-24-25-26-27-28-29-30-31-32-33-34-35-36-37-38-39-40-41-42-44-46-48-50-52-54-56-58-64(72)69-61(60-76-68-67(75)66(74)65(73)63(59-70)77-68)62(71)57-55-53-51-49-47-45-43-18-16-14-12-10-8-6-4-2/h5,7,11,13,17,19,21-22,24-25,27-28,30-31,33-34,36-37,39-40,55,57,61-63,65-68,70-71,73-75H,3-4,6,8-10,12,14-16,18,20,23,26,29,32,35,38,41-54,56,58-60H2,1-2H3,(H,69,72)/b7-5-,13-11-,19-17-,22-21-,25-24-,28-27-,31-30-,34-33-,37-36-,40-39-,57-55+. The monoisotopic (exact) mass is 1070 g/mol. The lowest BCUT2D eigenvalue weighted by molar-refractivity contribution is -0.302. The van der Waals surface area contributed by atoms with Gasteiger partial charge in [0.25, 0.3) is 0 Å². The van der Waals surface area contributed by atoms with Gasteiger partial charge in [-0.3, -0.25) is 4.79 Å². The Bertz CT molecular complexity index is 1670. The van der Waals surface area contributed by atoms with Crippen LogP contribution in [0.25, 0.3) is 0 Å². The number of nitrogens with one attached hydrogen (secondary N) is 1. The Labute approximate surface area is 471 Å². The van der Waals surface area contributed by atoms with E-state index in [1.54, 1.807) is 6.08 Å². The van der Waals surface area contributed by atoms with E-state index < -0.39 is 49.5 Å². The van der Waals surface area contributed by atoms with Crippen LogP contribution in [0.3, 0.4) is 0 Å². The van der Waals surface area contributed by atoms with Crippen molar-refractivity contribution < 1.29 is 39.8 Å². The molecule has 0 bridgehead atoms. The van der Waals surface area contributed by atoms with Gasteiger partial charge in [-0.05, 0) is 96.3 Å². The van der Waals surface area contributed by atoms with E-state index in [1.165, 1.54) is 96.3 Å². The molecule has 0 spiro atoms. The highest BCUT2D eigenvalue weighted by molar-refractivity contribution is 5.76. The molecule has 9 nitrogen and oxygen atoms in total. The number of hydrogen-bond acceptors (Lipinski definition) is 8. The van der Waals surface area contributed by atoms with E-state index in [1.807, 2.05) is 6.08 Å². The van der Waals surface area contributed by atoms with Crippen LogP contribution in [0.4, 0.5) is 0 Å². The molecule has 0 aromatic heterocycles. The van der Waals surface area contributed by atoms with Gasteiger partial charge in [0.1, 0.15) is 24.4 Å². The first-order valence-electron chi connectivity index (χ1n) is 30.9. The number of aliphatic hydroxyl groups excluding tert-OH is 5. The SMILES string of the molecule is CC/C=C\C/C=C\C/C=C\C/C=C\C/C=C\C/C=C\C/C=C\C/C=C\C/C=C\C/C=C\CCCCCCCCCCC(=O)NC(COC1OC(CO)C(O)C(O)C1O)C(O)/C=C/CCCCCCCCCCCCCCC. The molecular weight excluding hydrogens is 959 g/mol. The summed E-state index contributed by atoms with van der Waals surface area (Å²) in [5.74, 6) is -0.191. The maximum absolute atomic E-state index is 13.1. The number of hydrogen-bond donors (Lipinski definition) is 6. The van der Waals surface area contributed by atoms with Crippen molar-refractivity contribution in [1.29, 1.82) is 0 Å². The Morgan fingerprint density at radius 1 is 0.455 bits per heavy atom. The van der Waals surface area contributed by atoms with Crippen LogP contribution in [0, 0.1) is 0 Å². The summed E-state index contributed by atoms with van der Waals surface area (Å²) in [5, 5.41) is 54.5. The van der Waals surface area contributed by atoms with E-state index >= 15 is 0 Å². The van der Waals surface area contributed by atoms with Gasteiger partial charge in [0.05, 0.1) is 25.4 Å². The van der Waals surface area contributed by atoms with Crippen LogP contribution in [0.2, 0.25) is 0 Å². The normalized spacial score (nSPS) is 19.7. The fourth-order valence-electron chi connectivity index (χ4n) is 8.89. The average molecular weight is 1070 g/mol. The lowest BCUT2D eigenvalue weighted by atomic mass is 9.99. The molecule has 0 saturated carbocycles. The highest BCUT2D eigenvalue weighted by Gasteiger charge is 2.44. The average Bonchev–Trinajstić information content (AvgIpc) is 3.43. The van der Waals surface area contributed by atoms with Gasteiger partial charge in [0.2, 0.25) is 5.91 Å². The largest absolute Gasteiger partial charge is 0.394 e. The number of carbonyl (C=O) groups excluding carboxylic acids is 1. The third kappa shape index (κ3) is 44.8. The highest BCUT2D eigenvalue weighted by atomic mass is 16.7. The van der Waals surface area contributed by atoms with Crippen molar-refractivity contribution in [1.82, 2.24) is 5.32 Å². The number of allylic oxidation sites excluding steroid dienone is 21. The molecule has 7 unspecified atom stereocenters. The third-order valence-corrected chi connectivity index (χ3v) is 13.7. The minimum Gasteiger partial charge on any atom is -0.394 e. The molecule has 1 saturated heterocycles. The molecule has 7 atom stereocenters. The van der Waals surface area contributed by atoms with Gasteiger partial charge in [-0.15, -0.1) is 0 Å². The topological polar surface area (TPSA) is 149 Å². The van der Waals surface area contributed by atoms with Crippen LogP contribution in [-0.4, -0.2) is 87.5 Å². The number of carbonyl (C=O) groups is 1. The molecule has 0 radical (unpaired) electrons. The highest BCUT2D eigenvalue weighted by Crippen LogP contribution is 2.23. The van der Waals surface area contributed by atoms with Crippen LogP contribution in [0.5, 0.6) is 0 Å². The summed E-state index contributed by atoms with van der Waals surface area (Å²) in [6.07, 6.45) is 78.0. The van der Waals surface area contributed by atoms with Crippen molar-refractivity contribution in [2.45, 2.75) is 275 Å². The van der Waals surface area contributed by atoms with Crippen LogP contribution in [0.1, 0.15) is 232 Å². The second-order valence-corrected chi connectivity index (χ2v) is 20.8. The van der Waals surface area contributed by atoms with Crippen LogP contribution in [0.15, 0.2) is 134 Å². The molecule has 77 heavy (non-hydrogen) atoms. The van der Waals surface area contributed by atoms with Gasteiger partial charge in [-0.25, -0.2) is 0 Å². The molecule has 0 aromatic carbocycles. The summed E-state index contributed by atoms with van der Waals surface area (Å²) in [7, 11) is 0. The van der Waals surface area contributed by atoms with Crippen LogP contribution >= 0.6 is 0 Å². The molecular formula is C68H113NO8.